The van der Waals surface area contributed by atoms with Gasteiger partial charge in [-0.2, -0.15) is 0 Å². The first-order valence-corrected chi connectivity index (χ1v) is 8.27. The molecule has 0 N–H and O–H groups in total. The van der Waals surface area contributed by atoms with E-state index < -0.39 is 0 Å². The van der Waals surface area contributed by atoms with E-state index in [-0.39, 0.29) is 5.91 Å². The quantitative estimate of drug-likeness (QED) is 0.833. The second kappa shape index (κ2) is 6.99. The van der Waals surface area contributed by atoms with Gasteiger partial charge in [0.15, 0.2) is 0 Å². The smallest absolute Gasteiger partial charge is 0.224 e. The minimum atomic E-state index is 0.237. The van der Waals surface area contributed by atoms with Crippen molar-refractivity contribution in [3.63, 3.8) is 0 Å². The van der Waals surface area contributed by atoms with E-state index in [1.54, 1.807) is 7.11 Å². The lowest BCUT2D eigenvalue weighted by atomic mass is 10.0. The van der Waals surface area contributed by atoms with Crippen LogP contribution in [-0.2, 0) is 16.1 Å². The van der Waals surface area contributed by atoms with Crippen LogP contribution in [0.25, 0.3) is 0 Å². The summed E-state index contributed by atoms with van der Waals surface area (Å²) in [7, 11) is 1.64. The van der Waals surface area contributed by atoms with Crippen molar-refractivity contribution in [2.24, 2.45) is 11.8 Å². The second-order valence-corrected chi connectivity index (χ2v) is 6.82. The summed E-state index contributed by atoms with van der Waals surface area (Å²) in [4.78, 5) is 16.6. The second-order valence-electron chi connectivity index (χ2n) is 6.38. The van der Waals surface area contributed by atoms with E-state index >= 15 is 0 Å². The van der Waals surface area contributed by atoms with Gasteiger partial charge in [-0.15, -0.1) is 0 Å². The monoisotopic (exact) mass is 322 g/mol. The van der Waals surface area contributed by atoms with E-state index in [1.165, 1.54) is 5.56 Å². The van der Waals surface area contributed by atoms with Crippen molar-refractivity contribution < 1.29 is 9.53 Å². The molecule has 0 spiro atoms. The molecule has 0 saturated carbocycles. The van der Waals surface area contributed by atoms with Gasteiger partial charge in [0.25, 0.3) is 0 Å². The van der Waals surface area contributed by atoms with Gasteiger partial charge in [-0.1, -0.05) is 23.7 Å². The molecule has 4 nitrogen and oxygen atoms in total. The standard InChI is InChI=1S/C17H23ClN2O2/c1-22-7-6-17(21)20-11-14-9-19(10-15(14)12-20)8-13-2-4-16(18)5-3-13/h2-5,14-15H,6-12H2,1H3. The van der Waals surface area contributed by atoms with Gasteiger partial charge in [0.1, 0.15) is 0 Å². The molecule has 0 radical (unpaired) electrons. The third-order valence-corrected chi connectivity index (χ3v) is 5.01. The Labute approximate surface area is 137 Å². The molecule has 2 aliphatic heterocycles. The molecular formula is C17H23ClN2O2. The van der Waals surface area contributed by atoms with Crippen LogP contribution in [0.2, 0.25) is 5.02 Å². The fourth-order valence-electron chi connectivity index (χ4n) is 3.62. The summed E-state index contributed by atoms with van der Waals surface area (Å²) in [6, 6.07) is 8.09. The summed E-state index contributed by atoms with van der Waals surface area (Å²) < 4.78 is 4.99. The number of likely N-dealkylation sites (tertiary alicyclic amines) is 2. The first-order valence-electron chi connectivity index (χ1n) is 7.89. The molecule has 1 amide bonds. The maximum absolute atomic E-state index is 12.1. The van der Waals surface area contributed by atoms with E-state index in [1.807, 2.05) is 17.0 Å². The van der Waals surface area contributed by atoms with Gasteiger partial charge >= 0.3 is 0 Å². The lowest BCUT2D eigenvalue weighted by Crippen LogP contribution is -2.33. The van der Waals surface area contributed by atoms with Gasteiger partial charge in [0, 0.05) is 44.9 Å². The van der Waals surface area contributed by atoms with Crippen molar-refractivity contribution in [1.82, 2.24) is 9.80 Å². The summed E-state index contributed by atoms with van der Waals surface area (Å²) >= 11 is 5.93. The Hall–Kier alpha value is -1.10. The van der Waals surface area contributed by atoms with Crippen molar-refractivity contribution in [3.05, 3.63) is 34.9 Å². The molecule has 2 heterocycles. The first kappa shape index (κ1) is 15.8. The number of carbonyl (C=O) groups is 1. The number of benzene rings is 1. The molecule has 0 aromatic heterocycles. The molecule has 1 aromatic rings. The molecule has 2 aliphatic rings. The van der Waals surface area contributed by atoms with E-state index in [9.17, 15) is 4.79 Å². The van der Waals surface area contributed by atoms with Crippen LogP contribution in [0.15, 0.2) is 24.3 Å². The minimum Gasteiger partial charge on any atom is -0.384 e. The van der Waals surface area contributed by atoms with Crippen LogP contribution in [-0.4, -0.2) is 55.6 Å². The Morgan fingerprint density at radius 3 is 2.41 bits per heavy atom. The number of carbonyl (C=O) groups excluding carboxylic acids is 1. The maximum atomic E-state index is 12.1. The molecular weight excluding hydrogens is 300 g/mol. The molecule has 22 heavy (non-hydrogen) atoms. The Bertz CT molecular complexity index is 506. The van der Waals surface area contributed by atoms with Crippen LogP contribution in [0, 0.1) is 11.8 Å². The number of methoxy groups -OCH3 is 1. The highest BCUT2D eigenvalue weighted by Crippen LogP contribution is 2.32. The molecule has 2 unspecified atom stereocenters. The lowest BCUT2D eigenvalue weighted by Gasteiger charge is -2.21. The average molecular weight is 323 g/mol. The molecule has 3 rings (SSSR count). The highest BCUT2D eigenvalue weighted by molar-refractivity contribution is 6.30. The molecule has 1 aromatic carbocycles. The normalized spacial score (nSPS) is 24.7. The van der Waals surface area contributed by atoms with Gasteiger partial charge in [-0.3, -0.25) is 9.69 Å². The number of nitrogens with zero attached hydrogens (tertiary/aromatic N) is 2. The topological polar surface area (TPSA) is 32.8 Å². The van der Waals surface area contributed by atoms with Gasteiger partial charge in [-0.05, 0) is 29.5 Å². The molecule has 2 saturated heterocycles. The van der Waals surface area contributed by atoms with Crippen LogP contribution in [0.1, 0.15) is 12.0 Å². The Balaban J connectivity index is 1.49. The molecule has 0 bridgehead atoms. The highest BCUT2D eigenvalue weighted by atomic mass is 35.5. The van der Waals surface area contributed by atoms with E-state index in [0.717, 1.165) is 37.7 Å². The number of hydrogen-bond acceptors (Lipinski definition) is 3. The summed E-state index contributed by atoms with van der Waals surface area (Å²) in [5.41, 5.74) is 1.30. The van der Waals surface area contributed by atoms with Crippen molar-refractivity contribution in [2.75, 3.05) is 39.9 Å². The zero-order valence-corrected chi connectivity index (χ0v) is 13.8. The Morgan fingerprint density at radius 2 is 1.82 bits per heavy atom. The summed E-state index contributed by atoms with van der Waals surface area (Å²) in [6.07, 6.45) is 0.504. The summed E-state index contributed by atoms with van der Waals surface area (Å²) in [6.45, 7) is 5.48. The number of hydrogen-bond donors (Lipinski definition) is 0. The number of rotatable bonds is 5. The van der Waals surface area contributed by atoms with E-state index in [0.29, 0.717) is 24.9 Å². The predicted octanol–water partition coefficient (Wildman–Crippen LogP) is 2.27. The SMILES string of the molecule is COCCC(=O)N1CC2CN(Cc3ccc(Cl)cc3)CC2C1. The maximum Gasteiger partial charge on any atom is 0.224 e. The van der Waals surface area contributed by atoms with Gasteiger partial charge in [0.2, 0.25) is 5.91 Å². The van der Waals surface area contributed by atoms with Gasteiger partial charge in [0.05, 0.1) is 13.0 Å². The minimum absolute atomic E-state index is 0.237. The van der Waals surface area contributed by atoms with Crippen molar-refractivity contribution in [1.29, 1.82) is 0 Å². The number of fused-ring (bicyclic) bond motifs is 1. The molecule has 120 valence electrons. The zero-order chi connectivity index (χ0) is 15.5. The fourth-order valence-corrected chi connectivity index (χ4v) is 3.74. The van der Waals surface area contributed by atoms with Crippen molar-refractivity contribution in [3.8, 4) is 0 Å². The van der Waals surface area contributed by atoms with Gasteiger partial charge < -0.3 is 9.64 Å². The number of halogens is 1. The molecule has 2 atom stereocenters. The Morgan fingerprint density at radius 1 is 1.18 bits per heavy atom. The third-order valence-electron chi connectivity index (χ3n) is 4.75. The molecule has 5 heteroatoms. The summed E-state index contributed by atoms with van der Waals surface area (Å²) in [5.74, 6) is 1.48. The van der Waals surface area contributed by atoms with Crippen LogP contribution in [0.5, 0.6) is 0 Å². The molecule has 2 fully saturated rings. The highest BCUT2D eigenvalue weighted by Gasteiger charge is 2.41. The van der Waals surface area contributed by atoms with Crippen molar-refractivity contribution in [2.45, 2.75) is 13.0 Å². The van der Waals surface area contributed by atoms with Gasteiger partial charge in [-0.25, -0.2) is 0 Å². The fraction of sp³-hybridized carbons (Fsp3) is 0.588. The Kier molecular flexibility index (Phi) is 5.01. The first-order chi connectivity index (χ1) is 10.7. The van der Waals surface area contributed by atoms with Crippen LogP contribution >= 0.6 is 11.6 Å². The van der Waals surface area contributed by atoms with Crippen molar-refractivity contribution >= 4 is 17.5 Å². The lowest BCUT2D eigenvalue weighted by molar-refractivity contribution is -0.131. The summed E-state index contributed by atoms with van der Waals surface area (Å²) in [5, 5.41) is 0.784. The van der Waals surface area contributed by atoms with Crippen LogP contribution in [0.3, 0.4) is 0 Å². The molecule has 0 aliphatic carbocycles. The van der Waals surface area contributed by atoms with E-state index in [4.69, 9.17) is 16.3 Å². The average Bonchev–Trinajstić information content (AvgIpc) is 3.05. The zero-order valence-electron chi connectivity index (χ0n) is 13.0. The number of ether oxygens (including phenoxy) is 1. The van der Waals surface area contributed by atoms with Crippen LogP contribution in [0.4, 0.5) is 0 Å². The largest absolute Gasteiger partial charge is 0.384 e. The van der Waals surface area contributed by atoms with Crippen LogP contribution < -0.4 is 0 Å². The third kappa shape index (κ3) is 3.62. The van der Waals surface area contributed by atoms with E-state index in [2.05, 4.69) is 17.0 Å². The number of amides is 1. The predicted molar refractivity (Wildman–Crippen MR) is 86.8 cm³/mol.